The summed E-state index contributed by atoms with van der Waals surface area (Å²) in [6, 6.07) is 4.10. The molecule has 7 heteroatoms. The lowest BCUT2D eigenvalue weighted by molar-refractivity contribution is -0.384. The first-order chi connectivity index (χ1) is 9.92. The summed E-state index contributed by atoms with van der Waals surface area (Å²) in [6.07, 6.45) is 0.466. The number of carbonyl (C=O) groups excluding carboxylic acids is 1. The van der Waals surface area contributed by atoms with Gasteiger partial charge in [0.15, 0.2) is 0 Å². The van der Waals surface area contributed by atoms with Gasteiger partial charge in [0.05, 0.1) is 10.5 Å². The zero-order valence-corrected chi connectivity index (χ0v) is 12.5. The number of aliphatic hydroxyl groups excluding tert-OH is 1. The van der Waals surface area contributed by atoms with Gasteiger partial charge in [0.2, 0.25) is 0 Å². The van der Waals surface area contributed by atoms with Crippen molar-refractivity contribution in [2.75, 3.05) is 25.5 Å². The number of hydrogen-bond acceptors (Lipinski definition) is 5. The highest BCUT2D eigenvalue weighted by Crippen LogP contribution is 2.24. The van der Waals surface area contributed by atoms with E-state index in [0.29, 0.717) is 18.7 Å². The smallest absolute Gasteiger partial charge is 0.270 e. The minimum absolute atomic E-state index is 0.00960. The number of aliphatic hydroxyl groups is 1. The van der Waals surface area contributed by atoms with Gasteiger partial charge in [0.1, 0.15) is 0 Å². The molecule has 0 aliphatic rings. The second-order valence-electron chi connectivity index (χ2n) is 4.91. The first kappa shape index (κ1) is 16.9. The summed E-state index contributed by atoms with van der Waals surface area (Å²) in [5.41, 5.74) is 0.682. The lowest BCUT2D eigenvalue weighted by atomic mass is 10.1. The lowest BCUT2D eigenvalue weighted by Gasteiger charge is -2.27. The SMILES string of the molecule is CNc1ccc([N+](=O)[O-])cc1C(=O)N(CCCO)C(C)C. The van der Waals surface area contributed by atoms with Gasteiger partial charge in [0, 0.05) is 44.1 Å². The molecule has 0 fully saturated rings. The molecule has 21 heavy (non-hydrogen) atoms. The molecule has 1 aromatic rings. The number of anilines is 1. The van der Waals surface area contributed by atoms with E-state index < -0.39 is 4.92 Å². The zero-order valence-electron chi connectivity index (χ0n) is 12.5. The van der Waals surface area contributed by atoms with E-state index in [1.54, 1.807) is 11.9 Å². The molecular formula is C14H21N3O4. The van der Waals surface area contributed by atoms with Crippen LogP contribution in [0, 0.1) is 10.1 Å². The minimum Gasteiger partial charge on any atom is -0.396 e. The van der Waals surface area contributed by atoms with E-state index in [1.165, 1.54) is 18.2 Å². The quantitative estimate of drug-likeness (QED) is 0.591. The molecular weight excluding hydrogens is 274 g/mol. The summed E-state index contributed by atoms with van der Waals surface area (Å²) in [5, 5.41) is 22.7. The molecule has 1 rings (SSSR count). The van der Waals surface area contributed by atoms with Crippen LogP contribution in [0.25, 0.3) is 0 Å². The van der Waals surface area contributed by atoms with Crippen LogP contribution in [0.2, 0.25) is 0 Å². The average Bonchev–Trinajstić information content (AvgIpc) is 2.46. The highest BCUT2D eigenvalue weighted by atomic mass is 16.6. The van der Waals surface area contributed by atoms with Crippen molar-refractivity contribution < 1.29 is 14.8 Å². The molecule has 0 aliphatic heterocycles. The fourth-order valence-electron chi connectivity index (χ4n) is 2.03. The molecule has 0 saturated carbocycles. The molecule has 0 unspecified atom stereocenters. The van der Waals surface area contributed by atoms with Gasteiger partial charge in [-0.1, -0.05) is 0 Å². The molecule has 0 aromatic heterocycles. The lowest BCUT2D eigenvalue weighted by Crippen LogP contribution is -2.38. The number of carbonyl (C=O) groups is 1. The van der Waals surface area contributed by atoms with Gasteiger partial charge in [-0.15, -0.1) is 0 Å². The zero-order chi connectivity index (χ0) is 16.0. The van der Waals surface area contributed by atoms with Crippen LogP contribution in [0.3, 0.4) is 0 Å². The fraction of sp³-hybridized carbons (Fsp3) is 0.500. The van der Waals surface area contributed by atoms with Gasteiger partial charge in [0.25, 0.3) is 11.6 Å². The van der Waals surface area contributed by atoms with Crippen molar-refractivity contribution >= 4 is 17.3 Å². The molecule has 1 amide bonds. The molecule has 7 nitrogen and oxygen atoms in total. The normalized spacial score (nSPS) is 10.5. The van der Waals surface area contributed by atoms with Crippen LogP contribution in [-0.4, -0.2) is 47.1 Å². The number of hydrogen-bond donors (Lipinski definition) is 2. The number of rotatable bonds is 7. The van der Waals surface area contributed by atoms with Crippen molar-refractivity contribution in [3.63, 3.8) is 0 Å². The highest BCUT2D eigenvalue weighted by molar-refractivity contribution is 6.00. The maximum atomic E-state index is 12.6. The highest BCUT2D eigenvalue weighted by Gasteiger charge is 2.23. The van der Waals surface area contributed by atoms with Crippen molar-refractivity contribution in [3.05, 3.63) is 33.9 Å². The Balaban J connectivity index is 3.18. The van der Waals surface area contributed by atoms with E-state index >= 15 is 0 Å². The van der Waals surface area contributed by atoms with Gasteiger partial charge >= 0.3 is 0 Å². The third kappa shape index (κ3) is 4.16. The number of nitro benzene ring substituents is 1. The monoisotopic (exact) mass is 295 g/mol. The average molecular weight is 295 g/mol. The van der Waals surface area contributed by atoms with E-state index in [9.17, 15) is 14.9 Å². The van der Waals surface area contributed by atoms with E-state index in [2.05, 4.69) is 5.32 Å². The van der Waals surface area contributed by atoms with Crippen LogP contribution in [0.4, 0.5) is 11.4 Å². The number of nitro groups is 1. The second kappa shape index (κ2) is 7.58. The summed E-state index contributed by atoms with van der Waals surface area (Å²) in [5.74, 6) is -0.286. The Morgan fingerprint density at radius 1 is 1.48 bits per heavy atom. The maximum absolute atomic E-state index is 12.6. The Hall–Kier alpha value is -2.15. The van der Waals surface area contributed by atoms with Crippen molar-refractivity contribution in [2.45, 2.75) is 26.3 Å². The van der Waals surface area contributed by atoms with Crippen molar-refractivity contribution in [1.29, 1.82) is 0 Å². The third-order valence-electron chi connectivity index (χ3n) is 3.16. The molecule has 0 radical (unpaired) electrons. The molecule has 0 saturated heterocycles. The number of benzene rings is 1. The van der Waals surface area contributed by atoms with E-state index in [0.717, 1.165) is 0 Å². The summed E-state index contributed by atoms with van der Waals surface area (Å²) in [4.78, 5) is 24.6. The van der Waals surface area contributed by atoms with Crippen LogP contribution >= 0.6 is 0 Å². The van der Waals surface area contributed by atoms with Crippen molar-refractivity contribution in [2.24, 2.45) is 0 Å². The van der Waals surface area contributed by atoms with Crippen LogP contribution in [0.15, 0.2) is 18.2 Å². The molecule has 2 N–H and O–H groups in total. The summed E-state index contributed by atoms with van der Waals surface area (Å²) >= 11 is 0. The van der Waals surface area contributed by atoms with Crippen LogP contribution in [-0.2, 0) is 0 Å². The summed E-state index contributed by atoms with van der Waals surface area (Å²) in [6.45, 7) is 4.13. The van der Waals surface area contributed by atoms with Gasteiger partial charge in [-0.05, 0) is 26.3 Å². The third-order valence-corrected chi connectivity index (χ3v) is 3.16. The van der Waals surface area contributed by atoms with Gasteiger partial charge in [-0.25, -0.2) is 0 Å². The largest absolute Gasteiger partial charge is 0.396 e. The topological polar surface area (TPSA) is 95.7 Å². The molecule has 0 spiro atoms. The van der Waals surface area contributed by atoms with Gasteiger partial charge in [-0.3, -0.25) is 14.9 Å². The Bertz CT molecular complexity index is 517. The standard InChI is InChI=1S/C14H21N3O4/c1-10(2)16(7-4-8-18)14(19)12-9-11(17(20)21)5-6-13(12)15-3/h5-6,9-10,15,18H,4,7-8H2,1-3H3. The molecule has 0 aliphatic carbocycles. The number of non-ortho nitro benzene ring substituents is 1. The Morgan fingerprint density at radius 2 is 2.14 bits per heavy atom. The van der Waals surface area contributed by atoms with E-state index in [1.807, 2.05) is 13.8 Å². The molecule has 0 bridgehead atoms. The maximum Gasteiger partial charge on any atom is 0.270 e. The van der Waals surface area contributed by atoms with E-state index in [4.69, 9.17) is 5.11 Å². The Kier molecular flexibility index (Phi) is 6.10. The van der Waals surface area contributed by atoms with E-state index in [-0.39, 0.29) is 29.8 Å². The Morgan fingerprint density at radius 3 is 2.62 bits per heavy atom. The van der Waals surface area contributed by atoms with Crippen molar-refractivity contribution in [1.82, 2.24) is 4.90 Å². The number of nitrogens with one attached hydrogen (secondary N) is 1. The minimum atomic E-state index is -0.524. The number of amides is 1. The van der Waals surface area contributed by atoms with Crippen LogP contribution in [0.1, 0.15) is 30.6 Å². The predicted molar refractivity (Wildman–Crippen MR) is 80.5 cm³/mol. The van der Waals surface area contributed by atoms with Crippen LogP contribution < -0.4 is 5.32 Å². The van der Waals surface area contributed by atoms with Gasteiger partial charge < -0.3 is 15.3 Å². The predicted octanol–water partition coefficient (Wildman–Crippen LogP) is 1.87. The Labute approximate surface area is 123 Å². The number of nitrogens with zero attached hydrogens (tertiary/aromatic N) is 2. The molecule has 116 valence electrons. The summed E-state index contributed by atoms with van der Waals surface area (Å²) < 4.78 is 0. The van der Waals surface area contributed by atoms with Gasteiger partial charge in [-0.2, -0.15) is 0 Å². The first-order valence-electron chi connectivity index (χ1n) is 6.80. The van der Waals surface area contributed by atoms with Crippen molar-refractivity contribution in [3.8, 4) is 0 Å². The first-order valence-corrected chi connectivity index (χ1v) is 6.80. The van der Waals surface area contributed by atoms with Crippen LogP contribution in [0.5, 0.6) is 0 Å². The molecule has 1 aromatic carbocycles. The molecule has 0 atom stereocenters. The second-order valence-corrected chi connectivity index (χ2v) is 4.91. The fourth-order valence-corrected chi connectivity index (χ4v) is 2.03. The summed E-state index contributed by atoms with van der Waals surface area (Å²) in [7, 11) is 1.66. The molecule has 0 heterocycles.